The molecule has 1 aliphatic heterocycles. The third kappa shape index (κ3) is 4.66. The van der Waals surface area contributed by atoms with E-state index in [0.29, 0.717) is 28.0 Å². The minimum Gasteiger partial charge on any atom is -0.485 e. The van der Waals surface area contributed by atoms with Crippen LogP contribution in [0.3, 0.4) is 0 Å². The second-order valence-electron chi connectivity index (χ2n) is 6.34. The second-order valence-corrected chi connectivity index (χ2v) is 8.95. The normalized spacial score (nSPS) is 15.6. The summed E-state index contributed by atoms with van der Waals surface area (Å²) < 4.78 is 36.2. The molecule has 8 nitrogen and oxygen atoms in total. The molecule has 0 bridgehead atoms. The first-order valence-corrected chi connectivity index (χ1v) is 11.4. The Bertz CT molecular complexity index is 1140. The van der Waals surface area contributed by atoms with Gasteiger partial charge in [-0.2, -0.15) is 0 Å². The zero-order chi connectivity index (χ0) is 20.4. The zero-order valence-electron chi connectivity index (χ0n) is 15.3. The van der Waals surface area contributed by atoms with Gasteiger partial charge in [0, 0.05) is 16.6 Å². The molecule has 1 atom stereocenters. The number of nitrogens with zero attached hydrogens (tertiary/aromatic N) is 1. The summed E-state index contributed by atoms with van der Waals surface area (Å²) in [6.07, 6.45) is 0.328. The number of fused-ring (bicyclic) bond motifs is 1. The van der Waals surface area contributed by atoms with Crippen LogP contribution >= 0.6 is 11.3 Å². The number of ether oxygens (including phenoxy) is 2. The zero-order valence-corrected chi connectivity index (χ0v) is 16.9. The van der Waals surface area contributed by atoms with E-state index in [4.69, 9.17) is 9.47 Å². The van der Waals surface area contributed by atoms with Gasteiger partial charge in [-0.05, 0) is 24.3 Å². The number of benzene rings is 2. The van der Waals surface area contributed by atoms with Gasteiger partial charge in [0.1, 0.15) is 6.61 Å². The van der Waals surface area contributed by atoms with E-state index in [1.165, 1.54) is 11.3 Å². The SMILES string of the molecule is CS(=O)(=O)Nc1ccc(-c2csc(NC(=O)[C@H]3COc4ccccc4O3)n2)cc1. The molecule has 2 aromatic carbocycles. The number of thiazole rings is 1. The van der Waals surface area contributed by atoms with E-state index in [0.717, 1.165) is 11.8 Å². The van der Waals surface area contributed by atoms with E-state index < -0.39 is 16.1 Å². The van der Waals surface area contributed by atoms with E-state index in [-0.39, 0.29) is 12.5 Å². The first kappa shape index (κ1) is 19.2. The predicted molar refractivity (Wildman–Crippen MR) is 111 cm³/mol. The number of nitrogens with one attached hydrogen (secondary N) is 2. The van der Waals surface area contributed by atoms with Crippen LogP contribution in [0, 0.1) is 0 Å². The maximum Gasteiger partial charge on any atom is 0.270 e. The van der Waals surface area contributed by atoms with E-state index >= 15 is 0 Å². The highest BCUT2D eigenvalue weighted by atomic mass is 32.2. The van der Waals surface area contributed by atoms with Crippen LogP contribution in [0.1, 0.15) is 0 Å². The van der Waals surface area contributed by atoms with Crippen LogP contribution in [0.5, 0.6) is 11.5 Å². The summed E-state index contributed by atoms with van der Waals surface area (Å²) in [5, 5.41) is 4.99. The summed E-state index contributed by atoms with van der Waals surface area (Å²) in [4.78, 5) is 16.9. The fraction of sp³-hybridized carbons (Fsp3) is 0.158. The van der Waals surface area contributed by atoms with Crippen LogP contribution in [0.25, 0.3) is 11.3 Å². The number of sulfonamides is 1. The first-order valence-electron chi connectivity index (χ1n) is 8.60. The minimum absolute atomic E-state index is 0.121. The Labute approximate surface area is 171 Å². The van der Waals surface area contributed by atoms with Gasteiger partial charge in [-0.1, -0.05) is 24.3 Å². The Balaban J connectivity index is 1.41. The van der Waals surface area contributed by atoms with Crippen molar-refractivity contribution in [1.82, 2.24) is 4.98 Å². The number of anilines is 2. The van der Waals surface area contributed by atoms with E-state index in [1.807, 2.05) is 17.5 Å². The molecule has 1 aliphatic rings. The topological polar surface area (TPSA) is 107 Å². The average molecular weight is 431 g/mol. The monoisotopic (exact) mass is 431 g/mol. The number of carbonyl (C=O) groups is 1. The smallest absolute Gasteiger partial charge is 0.270 e. The molecule has 1 aromatic heterocycles. The molecule has 0 aliphatic carbocycles. The van der Waals surface area contributed by atoms with Crippen LogP contribution in [-0.2, 0) is 14.8 Å². The summed E-state index contributed by atoms with van der Waals surface area (Å²) in [6, 6.07) is 14.0. The van der Waals surface area contributed by atoms with Crippen molar-refractivity contribution in [3.8, 4) is 22.8 Å². The van der Waals surface area contributed by atoms with Crippen LogP contribution < -0.4 is 19.5 Å². The first-order chi connectivity index (χ1) is 13.9. The molecular formula is C19H17N3O5S2. The lowest BCUT2D eigenvalue weighted by Crippen LogP contribution is -2.40. The third-order valence-electron chi connectivity index (χ3n) is 4.02. The molecule has 150 valence electrons. The molecule has 4 rings (SSSR count). The predicted octanol–water partition coefficient (Wildman–Crippen LogP) is 2.96. The maximum atomic E-state index is 12.5. The van der Waals surface area contributed by atoms with Crippen molar-refractivity contribution >= 4 is 38.1 Å². The Morgan fingerprint density at radius 2 is 1.86 bits per heavy atom. The minimum atomic E-state index is -3.33. The summed E-state index contributed by atoms with van der Waals surface area (Å²) in [6.45, 7) is 0.121. The molecule has 0 saturated heterocycles. The van der Waals surface area contributed by atoms with Crippen molar-refractivity contribution in [2.75, 3.05) is 22.9 Å². The highest BCUT2D eigenvalue weighted by molar-refractivity contribution is 7.92. The van der Waals surface area contributed by atoms with Crippen molar-refractivity contribution in [1.29, 1.82) is 0 Å². The van der Waals surface area contributed by atoms with Gasteiger partial charge >= 0.3 is 0 Å². The fourth-order valence-corrected chi connectivity index (χ4v) is 4.01. The van der Waals surface area contributed by atoms with Gasteiger partial charge < -0.3 is 9.47 Å². The highest BCUT2D eigenvalue weighted by Gasteiger charge is 2.27. The van der Waals surface area contributed by atoms with Gasteiger partial charge in [0.25, 0.3) is 5.91 Å². The van der Waals surface area contributed by atoms with E-state index in [1.54, 1.807) is 36.4 Å². The van der Waals surface area contributed by atoms with Crippen molar-refractivity contribution in [3.63, 3.8) is 0 Å². The number of amides is 1. The van der Waals surface area contributed by atoms with Crippen LogP contribution in [-0.4, -0.2) is 38.3 Å². The molecule has 10 heteroatoms. The molecule has 3 aromatic rings. The Hall–Kier alpha value is -3.11. The number of hydrogen-bond acceptors (Lipinski definition) is 7. The maximum absolute atomic E-state index is 12.5. The molecule has 29 heavy (non-hydrogen) atoms. The molecule has 0 saturated carbocycles. The van der Waals surface area contributed by atoms with Gasteiger partial charge in [-0.3, -0.25) is 14.8 Å². The van der Waals surface area contributed by atoms with Crippen LogP contribution in [0.15, 0.2) is 53.9 Å². The number of hydrogen-bond donors (Lipinski definition) is 2. The number of aromatic nitrogens is 1. The number of para-hydroxylation sites is 2. The molecule has 1 amide bonds. The molecule has 2 heterocycles. The lowest BCUT2D eigenvalue weighted by Gasteiger charge is -2.25. The lowest BCUT2D eigenvalue weighted by molar-refractivity contribution is -0.125. The largest absolute Gasteiger partial charge is 0.485 e. The quantitative estimate of drug-likeness (QED) is 0.643. The van der Waals surface area contributed by atoms with Crippen LogP contribution in [0.4, 0.5) is 10.8 Å². The summed E-state index contributed by atoms with van der Waals surface area (Å²) in [5.74, 6) is 0.802. The molecular weight excluding hydrogens is 414 g/mol. The van der Waals surface area contributed by atoms with Gasteiger partial charge in [0.2, 0.25) is 16.1 Å². The second kappa shape index (κ2) is 7.72. The molecule has 0 radical (unpaired) electrons. The Morgan fingerprint density at radius 1 is 1.14 bits per heavy atom. The average Bonchev–Trinajstić information content (AvgIpc) is 3.15. The van der Waals surface area contributed by atoms with Crippen LogP contribution in [0.2, 0.25) is 0 Å². The summed E-state index contributed by atoms with van der Waals surface area (Å²) >= 11 is 1.29. The van der Waals surface area contributed by atoms with Crippen molar-refractivity contribution in [2.24, 2.45) is 0 Å². The molecule has 2 N–H and O–H groups in total. The molecule has 0 fully saturated rings. The number of carbonyl (C=O) groups excluding carboxylic acids is 1. The summed E-state index contributed by atoms with van der Waals surface area (Å²) in [5.41, 5.74) is 1.93. The van der Waals surface area contributed by atoms with Crippen molar-refractivity contribution < 1.29 is 22.7 Å². The van der Waals surface area contributed by atoms with Crippen molar-refractivity contribution in [2.45, 2.75) is 6.10 Å². The summed E-state index contributed by atoms with van der Waals surface area (Å²) in [7, 11) is -3.33. The third-order valence-corrected chi connectivity index (χ3v) is 5.38. The van der Waals surface area contributed by atoms with Crippen molar-refractivity contribution in [3.05, 3.63) is 53.9 Å². The van der Waals surface area contributed by atoms with Gasteiger partial charge in [-0.25, -0.2) is 13.4 Å². The molecule has 0 spiro atoms. The van der Waals surface area contributed by atoms with E-state index in [9.17, 15) is 13.2 Å². The lowest BCUT2D eigenvalue weighted by atomic mass is 10.1. The van der Waals surface area contributed by atoms with E-state index in [2.05, 4.69) is 15.0 Å². The Morgan fingerprint density at radius 3 is 2.59 bits per heavy atom. The standard InChI is InChI=1S/C19H17N3O5S2/c1-29(24,25)22-13-8-6-12(7-9-13)14-11-28-19(20-14)21-18(23)17-10-26-15-4-2-3-5-16(15)27-17/h2-9,11,17,22H,10H2,1H3,(H,20,21,23)/t17-/m1/s1. The Kier molecular flexibility index (Phi) is 5.12. The van der Waals surface area contributed by atoms with Gasteiger partial charge in [0.05, 0.1) is 11.9 Å². The molecule has 0 unspecified atom stereocenters. The highest BCUT2D eigenvalue weighted by Crippen LogP contribution is 2.31. The van der Waals surface area contributed by atoms with Gasteiger partial charge in [-0.15, -0.1) is 11.3 Å². The fourth-order valence-electron chi connectivity index (χ4n) is 2.72. The van der Waals surface area contributed by atoms with Gasteiger partial charge in [0.15, 0.2) is 16.6 Å². The number of rotatable bonds is 5.